The number of oxime groups is 1. The van der Waals surface area contributed by atoms with Crippen LogP contribution in [0.2, 0.25) is 0 Å². The lowest BCUT2D eigenvalue weighted by molar-refractivity contribution is -0.305. The van der Waals surface area contributed by atoms with Crippen molar-refractivity contribution in [2.45, 2.75) is 12.4 Å². The molecule has 0 unspecified atom stereocenters. The Morgan fingerprint density at radius 2 is 1.89 bits per heavy atom. The number of amidine groups is 1. The van der Waals surface area contributed by atoms with E-state index in [2.05, 4.69) is 5.16 Å². The fraction of sp³-hybridized carbons (Fsp3) is 0.667. The average molecular weight is 136 g/mol. The van der Waals surface area contributed by atoms with Gasteiger partial charge >= 0.3 is 0 Å². The summed E-state index contributed by atoms with van der Waals surface area (Å²) in [5, 5.41) is 34.7. The van der Waals surface area contributed by atoms with E-state index in [-0.39, 0.29) is 0 Å². The van der Waals surface area contributed by atoms with Gasteiger partial charge in [0, 0.05) is 0 Å². The maximum Gasteiger partial charge on any atom is 0.282 e. The van der Waals surface area contributed by atoms with E-state index in [1.165, 1.54) is 0 Å². The number of nitrogens with zero attached hydrogens (tertiary/aromatic N) is 1. The third-order valence-corrected chi connectivity index (χ3v) is 0.547. The molecule has 6 N–H and O–H groups in total. The van der Waals surface area contributed by atoms with Gasteiger partial charge in [0.05, 0.1) is 6.42 Å². The molecule has 6 heteroatoms. The number of rotatable bonds is 2. The van der Waals surface area contributed by atoms with Gasteiger partial charge in [0.25, 0.3) is 5.97 Å². The second kappa shape index (κ2) is 2.62. The summed E-state index contributed by atoms with van der Waals surface area (Å²) < 4.78 is 0. The maximum atomic E-state index is 8.16. The summed E-state index contributed by atoms with van der Waals surface area (Å²) >= 11 is 0. The van der Waals surface area contributed by atoms with Crippen molar-refractivity contribution in [1.29, 1.82) is 0 Å². The summed E-state index contributed by atoms with van der Waals surface area (Å²) in [6.45, 7) is 0. The fourth-order valence-electron chi connectivity index (χ4n) is 0.278. The number of hydrogen-bond donors (Lipinski definition) is 5. The van der Waals surface area contributed by atoms with Crippen LogP contribution in [0.1, 0.15) is 6.42 Å². The first-order valence-electron chi connectivity index (χ1n) is 2.09. The minimum Gasteiger partial charge on any atom is -0.409 e. The van der Waals surface area contributed by atoms with Gasteiger partial charge in [0.2, 0.25) is 0 Å². The van der Waals surface area contributed by atoms with Crippen LogP contribution in [0.15, 0.2) is 5.16 Å². The molecule has 0 aliphatic heterocycles. The zero-order chi connectivity index (χ0) is 7.49. The van der Waals surface area contributed by atoms with Crippen LogP contribution in [0.3, 0.4) is 0 Å². The molecule has 9 heavy (non-hydrogen) atoms. The Morgan fingerprint density at radius 3 is 2.00 bits per heavy atom. The third kappa shape index (κ3) is 5.01. The van der Waals surface area contributed by atoms with Crippen LogP contribution in [0, 0.1) is 0 Å². The van der Waals surface area contributed by atoms with Crippen molar-refractivity contribution < 1.29 is 20.5 Å². The lowest BCUT2D eigenvalue weighted by atomic mass is 10.3. The van der Waals surface area contributed by atoms with Gasteiger partial charge in [-0.1, -0.05) is 5.16 Å². The first-order valence-corrected chi connectivity index (χ1v) is 2.09. The monoisotopic (exact) mass is 136 g/mol. The topological polar surface area (TPSA) is 119 Å². The van der Waals surface area contributed by atoms with Crippen LogP contribution in [-0.2, 0) is 0 Å². The van der Waals surface area contributed by atoms with Gasteiger partial charge in [-0.3, -0.25) is 0 Å². The van der Waals surface area contributed by atoms with E-state index < -0.39 is 18.2 Å². The molecule has 0 aliphatic carbocycles. The highest BCUT2D eigenvalue weighted by molar-refractivity contribution is 5.80. The van der Waals surface area contributed by atoms with Gasteiger partial charge in [-0.15, -0.1) is 0 Å². The lowest BCUT2D eigenvalue weighted by Crippen LogP contribution is -2.33. The Kier molecular flexibility index (Phi) is 2.38. The number of aliphatic hydroxyl groups is 3. The second-order valence-electron chi connectivity index (χ2n) is 1.54. The summed E-state index contributed by atoms with van der Waals surface area (Å²) in [7, 11) is 0. The first kappa shape index (κ1) is 8.15. The minimum absolute atomic E-state index is 0.456. The Morgan fingerprint density at radius 1 is 1.44 bits per heavy atom. The molecule has 54 valence electrons. The summed E-state index contributed by atoms with van der Waals surface area (Å²) in [6, 6.07) is 0. The molecular weight excluding hydrogens is 128 g/mol. The van der Waals surface area contributed by atoms with Gasteiger partial charge in [-0.2, -0.15) is 0 Å². The minimum atomic E-state index is -2.89. The lowest BCUT2D eigenvalue weighted by Gasteiger charge is -2.11. The van der Waals surface area contributed by atoms with E-state index >= 15 is 0 Å². The van der Waals surface area contributed by atoms with Gasteiger partial charge in [-0.05, 0) is 0 Å². The van der Waals surface area contributed by atoms with Crippen LogP contribution < -0.4 is 5.73 Å². The van der Waals surface area contributed by atoms with Gasteiger partial charge in [0.1, 0.15) is 5.84 Å². The van der Waals surface area contributed by atoms with Crippen LogP contribution in [-0.4, -0.2) is 32.3 Å². The van der Waals surface area contributed by atoms with E-state index in [4.69, 9.17) is 26.3 Å². The van der Waals surface area contributed by atoms with Crippen molar-refractivity contribution in [1.82, 2.24) is 0 Å². The Balaban J connectivity index is 3.75. The van der Waals surface area contributed by atoms with Gasteiger partial charge < -0.3 is 26.3 Å². The SMILES string of the molecule is NC(CC(O)(O)O)=NO. The van der Waals surface area contributed by atoms with Crippen molar-refractivity contribution in [3.05, 3.63) is 0 Å². The smallest absolute Gasteiger partial charge is 0.282 e. The quantitative estimate of drug-likeness (QED) is 0.0965. The molecule has 0 amide bonds. The van der Waals surface area contributed by atoms with Crippen LogP contribution in [0.4, 0.5) is 0 Å². The second-order valence-corrected chi connectivity index (χ2v) is 1.54. The zero-order valence-corrected chi connectivity index (χ0v) is 4.52. The molecule has 0 heterocycles. The molecule has 0 fully saturated rings. The Hall–Kier alpha value is -0.850. The summed E-state index contributed by atoms with van der Waals surface area (Å²) in [5.74, 6) is -3.35. The van der Waals surface area contributed by atoms with Crippen LogP contribution in [0.5, 0.6) is 0 Å². The highest BCUT2D eigenvalue weighted by Crippen LogP contribution is 1.97. The van der Waals surface area contributed by atoms with E-state index in [1.807, 2.05) is 0 Å². The maximum absolute atomic E-state index is 8.16. The Labute approximate surface area is 50.8 Å². The first-order chi connectivity index (χ1) is 3.95. The molecule has 0 aromatic rings. The van der Waals surface area contributed by atoms with Crippen molar-refractivity contribution >= 4 is 5.84 Å². The van der Waals surface area contributed by atoms with E-state index in [1.54, 1.807) is 0 Å². The van der Waals surface area contributed by atoms with Gasteiger partial charge in [0.15, 0.2) is 0 Å². The van der Waals surface area contributed by atoms with Crippen molar-refractivity contribution in [2.75, 3.05) is 0 Å². The standard InChI is InChI=1S/C3H8N2O4/c4-2(5-9)1-3(6,7)8/h6-9H,1H2,(H2,4,5). The normalized spacial score (nSPS) is 13.9. The highest BCUT2D eigenvalue weighted by atomic mass is 16.7. The number of nitrogens with two attached hydrogens (primary N) is 1. The molecule has 0 saturated heterocycles. The molecule has 0 radical (unpaired) electrons. The van der Waals surface area contributed by atoms with Crippen molar-refractivity contribution in [2.24, 2.45) is 10.9 Å². The van der Waals surface area contributed by atoms with E-state index in [0.29, 0.717) is 0 Å². The molecule has 0 rings (SSSR count). The Bertz CT molecular complexity index is 115. The summed E-state index contributed by atoms with van der Waals surface area (Å²) in [4.78, 5) is 0. The predicted octanol–water partition coefficient (Wildman–Crippen LogP) is -2.25. The molecule has 0 aliphatic rings. The molecule has 6 nitrogen and oxygen atoms in total. The fourth-order valence-corrected chi connectivity index (χ4v) is 0.278. The summed E-state index contributed by atoms with van der Waals surface area (Å²) in [5.41, 5.74) is 4.78. The highest BCUT2D eigenvalue weighted by Gasteiger charge is 2.19. The van der Waals surface area contributed by atoms with Crippen molar-refractivity contribution in [3.8, 4) is 0 Å². The molecule has 0 spiro atoms. The molecule has 0 bridgehead atoms. The molecule has 0 aromatic carbocycles. The number of hydrogen-bond acceptors (Lipinski definition) is 5. The van der Waals surface area contributed by atoms with E-state index in [0.717, 1.165) is 0 Å². The molecular formula is C3H8N2O4. The third-order valence-electron chi connectivity index (χ3n) is 0.547. The summed E-state index contributed by atoms with van der Waals surface area (Å²) in [6.07, 6.45) is -0.705. The van der Waals surface area contributed by atoms with Crippen LogP contribution >= 0.6 is 0 Å². The van der Waals surface area contributed by atoms with E-state index in [9.17, 15) is 0 Å². The average Bonchev–Trinajstić information content (AvgIpc) is 1.62. The predicted molar refractivity (Wildman–Crippen MR) is 27.4 cm³/mol. The van der Waals surface area contributed by atoms with Crippen molar-refractivity contribution in [3.63, 3.8) is 0 Å². The van der Waals surface area contributed by atoms with Crippen LogP contribution in [0.25, 0.3) is 0 Å². The van der Waals surface area contributed by atoms with Gasteiger partial charge in [-0.25, -0.2) is 0 Å². The molecule has 0 aromatic heterocycles. The molecule has 0 saturated carbocycles. The zero-order valence-electron chi connectivity index (χ0n) is 4.52. The molecule has 0 atom stereocenters. The largest absolute Gasteiger partial charge is 0.409 e.